The van der Waals surface area contributed by atoms with Gasteiger partial charge in [0.05, 0.1) is 13.2 Å². The number of hydrogen-bond donors (Lipinski definition) is 0. The lowest BCUT2D eigenvalue weighted by molar-refractivity contribution is 0.0971. The average molecular weight is 384 g/mol. The Morgan fingerprint density at radius 1 is 0.786 bits per heavy atom. The van der Waals surface area contributed by atoms with Gasteiger partial charge in [0.2, 0.25) is 0 Å². The zero-order valence-electron chi connectivity index (χ0n) is 16.2. The van der Waals surface area contributed by atoms with Crippen molar-refractivity contribution in [2.45, 2.75) is 39.5 Å². The van der Waals surface area contributed by atoms with Crippen LogP contribution in [0.25, 0.3) is 10.8 Å². The lowest BCUT2D eigenvalue weighted by Gasteiger charge is -2.22. The lowest BCUT2D eigenvalue weighted by atomic mass is 9.90. The van der Waals surface area contributed by atoms with E-state index in [1.807, 2.05) is 50.3 Å². The molecule has 0 spiro atoms. The number of rotatable bonds is 6. The van der Waals surface area contributed by atoms with E-state index in [0.717, 1.165) is 11.1 Å². The molecule has 0 bridgehead atoms. The third-order valence-corrected chi connectivity index (χ3v) is 4.36. The molecule has 0 amide bonds. The normalized spacial score (nSPS) is 12.4. The van der Waals surface area contributed by atoms with Crippen LogP contribution in [-0.4, -0.2) is 25.5 Å². The maximum absolute atomic E-state index is 12.1. The lowest BCUT2D eigenvalue weighted by Crippen LogP contribution is -2.16. The Bertz CT molecular complexity index is 827. The van der Waals surface area contributed by atoms with Crippen LogP contribution < -0.4 is 9.47 Å². The van der Waals surface area contributed by atoms with Gasteiger partial charge < -0.3 is 18.9 Å². The van der Waals surface area contributed by atoms with Crippen LogP contribution in [0.1, 0.15) is 37.8 Å². The highest BCUT2D eigenvalue weighted by Gasteiger charge is 2.25. The summed E-state index contributed by atoms with van der Waals surface area (Å²) in [6, 6.07) is 7.36. The van der Waals surface area contributed by atoms with Crippen molar-refractivity contribution in [2.24, 2.45) is 0 Å². The van der Waals surface area contributed by atoms with Crippen LogP contribution in [0.5, 0.6) is 11.5 Å². The van der Waals surface area contributed by atoms with Crippen LogP contribution >= 0.6 is 0 Å². The van der Waals surface area contributed by atoms with Crippen LogP contribution in [0.4, 0.5) is 9.59 Å². The minimum atomic E-state index is -0.736. The van der Waals surface area contributed by atoms with Gasteiger partial charge in [-0.1, -0.05) is 50.3 Å². The zero-order chi connectivity index (χ0) is 19.9. The van der Waals surface area contributed by atoms with Crippen molar-refractivity contribution >= 4 is 23.1 Å². The molecule has 6 heteroatoms. The monoisotopic (exact) mass is 384 g/mol. The summed E-state index contributed by atoms with van der Waals surface area (Å²) in [6.45, 7) is 4.42. The topological polar surface area (TPSA) is 71.1 Å². The number of fused-ring (bicyclic) bond motifs is 2. The van der Waals surface area contributed by atoms with Gasteiger partial charge in [-0.15, -0.1) is 0 Å². The molecular formula is C22H24O6. The van der Waals surface area contributed by atoms with Crippen LogP contribution in [0.2, 0.25) is 0 Å². The maximum Gasteiger partial charge on any atom is 0.513 e. The van der Waals surface area contributed by atoms with Gasteiger partial charge in [0.15, 0.2) is 0 Å². The summed E-state index contributed by atoms with van der Waals surface area (Å²) in [5.74, 6) is 0.899. The molecule has 6 nitrogen and oxygen atoms in total. The number of benzene rings is 2. The summed E-state index contributed by atoms with van der Waals surface area (Å²) >= 11 is 0. The van der Waals surface area contributed by atoms with Crippen molar-refractivity contribution in [3.8, 4) is 11.5 Å². The Balaban J connectivity index is 2.06. The SMILES string of the molecule is CCCOC(=O)Oc1c2c(c(OC(=O)OCCC)c3ccccc13)CC=CC2. The molecule has 1 aliphatic carbocycles. The zero-order valence-corrected chi connectivity index (χ0v) is 16.2. The quantitative estimate of drug-likeness (QED) is 0.380. The smallest absolute Gasteiger partial charge is 0.434 e. The van der Waals surface area contributed by atoms with E-state index in [0.29, 0.717) is 61.2 Å². The first-order valence-electron chi connectivity index (χ1n) is 9.56. The van der Waals surface area contributed by atoms with Crippen molar-refractivity contribution < 1.29 is 28.5 Å². The highest BCUT2D eigenvalue weighted by molar-refractivity contribution is 5.98. The van der Waals surface area contributed by atoms with E-state index in [1.165, 1.54) is 0 Å². The Morgan fingerprint density at radius 2 is 1.21 bits per heavy atom. The maximum atomic E-state index is 12.1. The highest BCUT2D eigenvalue weighted by atomic mass is 16.7. The molecule has 28 heavy (non-hydrogen) atoms. The van der Waals surface area contributed by atoms with Gasteiger partial charge in [-0.2, -0.15) is 0 Å². The van der Waals surface area contributed by atoms with E-state index in [9.17, 15) is 9.59 Å². The molecule has 148 valence electrons. The fourth-order valence-electron chi connectivity index (χ4n) is 3.14. The first kappa shape index (κ1) is 19.7. The number of carbonyl (C=O) groups is 2. The van der Waals surface area contributed by atoms with Crippen molar-refractivity contribution in [1.82, 2.24) is 0 Å². The van der Waals surface area contributed by atoms with Crippen molar-refractivity contribution in [2.75, 3.05) is 13.2 Å². The summed E-state index contributed by atoms with van der Waals surface area (Å²) in [5.41, 5.74) is 1.63. The Hall–Kier alpha value is -3.02. The van der Waals surface area contributed by atoms with Gasteiger partial charge in [-0.3, -0.25) is 0 Å². The highest BCUT2D eigenvalue weighted by Crippen LogP contribution is 2.43. The molecule has 3 rings (SSSR count). The van der Waals surface area contributed by atoms with Crippen molar-refractivity contribution in [1.29, 1.82) is 0 Å². The number of allylic oxidation sites excluding steroid dienone is 2. The van der Waals surface area contributed by atoms with Gasteiger partial charge >= 0.3 is 12.3 Å². The van der Waals surface area contributed by atoms with Gasteiger partial charge in [0, 0.05) is 21.9 Å². The molecule has 0 saturated heterocycles. The predicted octanol–water partition coefficient (Wildman–Crippen LogP) is 5.35. The third-order valence-electron chi connectivity index (χ3n) is 4.36. The molecule has 0 unspecified atom stereocenters. The van der Waals surface area contributed by atoms with Crippen molar-refractivity contribution in [3.05, 3.63) is 47.5 Å². The second kappa shape index (κ2) is 9.26. The van der Waals surface area contributed by atoms with Gasteiger partial charge in [-0.05, 0) is 25.7 Å². The van der Waals surface area contributed by atoms with Crippen LogP contribution in [-0.2, 0) is 22.3 Å². The van der Waals surface area contributed by atoms with E-state index < -0.39 is 12.3 Å². The van der Waals surface area contributed by atoms with Crippen LogP contribution in [0, 0.1) is 0 Å². The fourth-order valence-corrected chi connectivity index (χ4v) is 3.14. The average Bonchev–Trinajstić information content (AvgIpc) is 2.73. The molecule has 0 fully saturated rings. The second-order valence-electron chi connectivity index (χ2n) is 6.44. The fraction of sp³-hybridized carbons (Fsp3) is 0.364. The van der Waals surface area contributed by atoms with Crippen molar-refractivity contribution in [3.63, 3.8) is 0 Å². The molecule has 0 aromatic heterocycles. The molecule has 0 N–H and O–H groups in total. The van der Waals surface area contributed by atoms with Gasteiger partial charge in [0.1, 0.15) is 11.5 Å². The van der Waals surface area contributed by atoms with Gasteiger partial charge in [0.25, 0.3) is 0 Å². The van der Waals surface area contributed by atoms with Gasteiger partial charge in [-0.25, -0.2) is 9.59 Å². The van der Waals surface area contributed by atoms with E-state index >= 15 is 0 Å². The summed E-state index contributed by atoms with van der Waals surface area (Å²) in [6.07, 6.45) is 5.08. The first-order valence-corrected chi connectivity index (χ1v) is 9.56. The number of carbonyl (C=O) groups excluding carboxylic acids is 2. The first-order chi connectivity index (χ1) is 13.7. The van der Waals surface area contributed by atoms with E-state index in [2.05, 4.69) is 0 Å². The predicted molar refractivity (Wildman–Crippen MR) is 105 cm³/mol. The molecule has 2 aromatic rings. The third kappa shape index (κ3) is 4.27. The Morgan fingerprint density at radius 3 is 1.61 bits per heavy atom. The van der Waals surface area contributed by atoms with E-state index in [1.54, 1.807) is 0 Å². The largest absolute Gasteiger partial charge is 0.513 e. The Labute approximate surface area is 164 Å². The van der Waals surface area contributed by atoms with E-state index in [-0.39, 0.29) is 0 Å². The number of ether oxygens (including phenoxy) is 4. The molecule has 0 aliphatic heterocycles. The molecule has 0 saturated carbocycles. The molecular weight excluding hydrogens is 360 g/mol. The summed E-state index contributed by atoms with van der Waals surface area (Å²) in [7, 11) is 0. The minimum Gasteiger partial charge on any atom is -0.434 e. The summed E-state index contributed by atoms with van der Waals surface area (Å²) in [4.78, 5) is 24.2. The Kier molecular flexibility index (Phi) is 6.53. The number of hydrogen-bond acceptors (Lipinski definition) is 6. The van der Waals surface area contributed by atoms with Crippen LogP contribution in [0.15, 0.2) is 36.4 Å². The minimum absolute atomic E-state index is 0.295. The standard InChI is InChI=1S/C22H24O6/c1-3-13-25-21(23)27-19-15-9-5-7-11-17(15)20(28-22(24)26-14-4-2)18-12-8-6-10-16(18)19/h5-9,11H,3-4,10,12-14H2,1-2H3. The summed E-state index contributed by atoms with van der Waals surface area (Å²) in [5, 5.41) is 1.37. The molecule has 0 atom stereocenters. The summed E-state index contributed by atoms with van der Waals surface area (Å²) < 4.78 is 21.4. The van der Waals surface area contributed by atoms with E-state index in [4.69, 9.17) is 18.9 Å². The molecule has 1 aliphatic rings. The van der Waals surface area contributed by atoms with Crippen LogP contribution in [0.3, 0.4) is 0 Å². The second-order valence-corrected chi connectivity index (χ2v) is 6.44. The molecule has 0 radical (unpaired) electrons. The molecule has 0 heterocycles. The molecule has 2 aromatic carbocycles.